The molecule has 0 aromatic heterocycles. The first-order chi connectivity index (χ1) is 12.1. The third-order valence-electron chi connectivity index (χ3n) is 3.84. The van der Waals surface area contributed by atoms with Crippen LogP contribution in [0.3, 0.4) is 0 Å². The van der Waals surface area contributed by atoms with Crippen LogP contribution in [0, 0.1) is 20.2 Å². The zero-order valence-electron chi connectivity index (χ0n) is 13.8. The van der Waals surface area contributed by atoms with Gasteiger partial charge in [-0.05, 0) is 19.9 Å². The maximum Gasteiger partial charge on any atom is 0.321 e. The molecule has 1 aromatic carbocycles. The van der Waals surface area contributed by atoms with Crippen LogP contribution < -0.4 is 0 Å². The number of Topliss-reactive ketones (excluding diaryl/α,β-unsaturated/α-hetero) is 1. The van der Waals surface area contributed by atoms with Crippen LogP contribution in [0.5, 0.6) is 11.5 Å². The third-order valence-corrected chi connectivity index (χ3v) is 3.84. The third kappa shape index (κ3) is 3.16. The van der Waals surface area contributed by atoms with Crippen molar-refractivity contribution in [3.05, 3.63) is 66.4 Å². The molecule has 10 nitrogen and oxygen atoms in total. The molecule has 0 saturated carbocycles. The van der Waals surface area contributed by atoms with Crippen LogP contribution in [0.2, 0.25) is 0 Å². The van der Waals surface area contributed by atoms with Crippen molar-refractivity contribution in [3.8, 4) is 11.5 Å². The van der Waals surface area contributed by atoms with E-state index in [0.29, 0.717) is 6.08 Å². The van der Waals surface area contributed by atoms with E-state index in [4.69, 9.17) is 0 Å². The number of allylic oxidation sites excluding steroid dienone is 3. The summed E-state index contributed by atoms with van der Waals surface area (Å²) in [5.74, 6) is -4.04. The van der Waals surface area contributed by atoms with Gasteiger partial charge in [0.25, 0.3) is 5.78 Å². The Morgan fingerprint density at radius 2 is 1.81 bits per heavy atom. The van der Waals surface area contributed by atoms with E-state index < -0.39 is 61.3 Å². The molecule has 1 atom stereocenters. The van der Waals surface area contributed by atoms with Gasteiger partial charge in [0.1, 0.15) is 11.5 Å². The van der Waals surface area contributed by atoms with Gasteiger partial charge < -0.3 is 10.2 Å². The Bertz CT molecular complexity index is 909. The van der Waals surface area contributed by atoms with Gasteiger partial charge in [0.2, 0.25) is 6.04 Å². The normalized spacial score (nSPS) is 14.3. The average molecular weight is 362 g/mol. The first kappa shape index (κ1) is 18.8. The molecule has 136 valence electrons. The van der Waals surface area contributed by atoms with Gasteiger partial charge in [-0.2, -0.15) is 0 Å². The zero-order chi connectivity index (χ0) is 19.8. The van der Waals surface area contributed by atoms with Crippen molar-refractivity contribution in [2.75, 3.05) is 0 Å². The van der Waals surface area contributed by atoms with Gasteiger partial charge in [-0.15, -0.1) is 0 Å². The van der Waals surface area contributed by atoms with E-state index in [0.717, 1.165) is 11.6 Å². The Labute approximate surface area is 146 Å². The van der Waals surface area contributed by atoms with E-state index in [9.17, 15) is 40.0 Å². The number of ketones is 2. The SMILES string of the molecule is CC(C)=CCC(c1cc(O)c2c(c1O)C(=O)C([N+](=O)[O-])=CC2=O)[N+](=O)[O-]. The lowest BCUT2D eigenvalue weighted by atomic mass is 9.87. The summed E-state index contributed by atoms with van der Waals surface area (Å²) in [6.07, 6.45) is 1.82. The van der Waals surface area contributed by atoms with Gasteiger partial charge in [-0.25, -0.2) is 0 Å². The largest absolute Gasteiger partial charge is 0.507 e. The monoisotopic (exact) mass is 362 g/mol. The second-order valence-corrected chi connectivity index (χ2v) is 5.88. The predicted molar refractivity (Wildman–Crippen MR) is 87.3 cm³/mol. The van der Waals surface area contributed by atoms with E-state index in [-0.39, 0.29) is 6.42 Å². The maximum absolute atomic E-state index is 12.3. The molecular formula is C16H14N2O8. The van der Waals surface area contributed by atoms with Crippen LogP contribution in [-0.2, 0) is 0 Å². The number of carbonyl (C=O) groups is 2. The summed E-state index contributed by atoms with van der Waals surface area (Å²) >= 11 is 0. The fourth-order valence-electron chi connectivity index (χ4n) is 2.60. The summed E-state index contributed by atoms with van der Waals surface area (Å²) in [5.41, 5.74) is -2.15. The molecule has 1 aliphatic carbocycles. The topological polar surface area (TPSA) is 161 Å². The highest BCUT2D eigenvalue weighted by molar-refractivity contribution is 6.25. The Balaban J connectivity index is 2.72. The molecule has 1 aliphatic rings. The average Bonchev–Trinajstić information content (AvgIpc) is 2.52. The molecule has 2 N–H and O–H groups in total. The number of hydrogen-bond donors (Lipinski definition) is 2. The number of fused-ring (bicyclic) bond motifs is 1. The fourth-order valence-corrected chi connectivity index (χ4v) is 2.60. The standard InChI is InChI=1S/C16H14N2O8/c1-7(2)3-4-9(17(23)24)8-5-11(19)13-12(20)6-10(18(25)26)16(22)14(13)15(8)21/h3,5-6,9,19,21H,4H2,1-2H3. The summed E-state index contributed by atoms with van der Waals surface area (Å²) in [4.78, 5) is 44.8. The Kier molecular flexibility index (Phi) is 4.87. The molecule has 0 spiro atoms. The number of hydrogen-bond acceptors (Lipinski definition) is 8. The lowest BCUT2D eigenvalue weighted by molar-refractivity contribution is -0.528. The summed E-state index contributed by atoms with van der Waals surface area (Å²) in [7, 11) is 0. The van der Waals surface area contributed by atoms with Crippen molar-refractivity contribution in [1.82, 2.24) is 0 Å². The maximum atomic E-state index is 12.3. The minimum Gasteiger partial charge on any atom is -0.507 e. The van der Waals surface area contributed by atoms with E-state index in [1.54, 1.807) is 13.8 Å². The summed E-state index contributed by atoms with van der Waals surface area (Å²) < 4.78 is 0. The molecule has 0 aliphatic heterocycles. The van der Waals surface area contributed by atoms with Crippen molar-refractivity contribution in [2.45, 2.75) is 26.3 Å². The molecule has 0 bridgehead atoms. The molecule has 0 heterocycles. The number of phenols is 2. The second-order valence-electron chi connectivity index (χ2n) is 5.88. The molecular weight excluding hydrogens is 348 g/mol. The van der Waals surface area contributed by atoms with Crippen LogP contribution >= 0.6 is 0 Å². The minimum atomic E-state index is -1.52. The van der Waals surface area contributed by atoms with Crippen molar-refractivity contribution >= 4 is 11.6 Å². The number of nitro groups is 2. The second kappa shape index (κ2) is 6.75. The Morgan fingerprint density at radius 3 is 2.31 bits per heavy atom. The summed E-state index contributed by atoms with van der Waals surface area (Å²) in [6, 6.07) is -0.689. The van der Waals surface area contributed by atoms with Crippen LogP contribution in [0.15, 0.2) is 29.5 Å². The van der Waals surface area contributed by atoms with Crippen LogP contribution in [0.25, 0.3) is 0 Å². The number of phenolic OH excluding ortho intramolecular Hbond substituents is 2. The highest BCUT2D eigenvalue weighted by atomic mass is 16.6. The molecule has 10 heteroatoms. The lowest BCUT2D eigenvalue weighted by Gasteiger charge is -2.17. The van der Waals surface area contributed by atoms with Crippen molar-refractivity contribution in [2.24, 2.45) is 0 Å². The van der Waals surface area contributed by atoms with Crippen molar-refractivity contribution < 1.29 is 29.6 Å². The molecule has 0 fully saturated rings. The molecule has 0 radical (unpaired) electrons. The van der Waals surface area contributed by atoms with Crippen molar-refractivity contribution in [1.29, 1.82) is 0 Å². The first-order valence-corrected chi connectivity index (χ1v) is 7.37. The van der Waals surface area contributed by atoms with E-state index in [1.165, 1.54) is 6.08 Å². The van der Waals surface area contributed by atoms with Gasteiger partial charge in [0.15, 0.2) is 5.78 Å². The Morgan fingerprint density at radius 1 is 1.19 bits per heavy atom. The lowest BCUT2D eigenvalue weighted by Crippen LogP contribution is -2.23. The van der Waals surface area contributed by atoms with Gasteiger partial charge >= 0.3 is 5.70 Å². The first-order valence-electron chi connectivity index (χ1n) is 7.37. The van der Waals surface area contributed by atoms with Crippen LogP contribution in [0.1, 0.15) is 52.6 Å². The highest BCUT2D eigenvalue weighted by Gasteiger charge is 2.40. The fraction of sp³-hybridized carbons (Fsp3) is 0.250. The quantitative estimate of drug-likeness (QED) is 0.349. The van der Waals surface area contributed by atoms with Crippen molar-refractivity contribution in [3.63, 3.8) is 0 Å². The molecule has 0 amide bonds. The highest BCUT2D eigenvalue weighted by Crippen LogP contribution is 2.41. The van der Waals surface area contributed by atoms with Crippen LogP contribution in [-0.4, -0.2) is 31.6 Å². The summed E-state index contributed by atoms with van der Waals surface area (Å²) in [6.45, 7) is 3.41. The smallest absolute Gasteiger partial charge is 0.321 e. The Hall–Kier alpha value is -3.56. The van der Waals surface area contributed by atoms with Gasteiger partial charge in [-0.1, -0.05) is 11.6 Å². The number of carbonyl (C=O) groups excluding carboxylic acids is 2. The number of aromatic hydroxyl groups is 2. The molecule has 26 heavy (non-hydrogen) atoms. The molecule has 1 unspecified atom stereocenters. The number of benzene rings is 1. The van der Waals surface area contributed by atoms with Gasteiger partial charge in [0.05, 0.1) is 27.7 Å². The minimum absolute atomic E-state index is 0.152. The zero-order valence-corrected chi connectivity index (χ0v) is 13.8. The van der Waals surface area contributed by atoms with Gasteiger partial charge in [0, 0.05) is 11.3 Å². The predicted octanol–water partition coefficient (Wildman–Crippen LogP) is 2.31. The number of nitrogens with zero attached hydrogens (tertiary/aromatic N) is 2. The molecule has 2 rings (SSSR count). The molecule has 0 saturated heterocycles. The van der Waals surface area contributed by atoms with Gasteiger partial charge in [-0.3, -0.25) is 29.8 Å². The van der Waals surface area contributed by atoms with E-state index in [2.05, 4.69) is 0 Å². The van der Waals surface area contributed by atoms with Crippen LogP contribution in [0.4, 0.5) is 0 Å². The molecule has 1 aromatic rings. The van der Waals surface area contributed by atoms with E-state index in [1.807, 2.05) is 0 Å². The van der Waals surface area contributed by atoms with E-state index >= 15 is 0 Å². The summed E-state index contributed by atoms with van der Waals surface area (Å²) in [5, 5.41) is 42.7. The number of rotatable bonds is 5.